The van der Waals surface area contributed by atoms with Gasteiger partial charge in [0.05, 0.1) is 11.0 Å². The van der Waals surface area contributed by atoms with Crippen LogP contribution in [0.1, 0.15) is 62.9 Å². The van der Waals surface area contributed by atoms with Crippen LogP contribution in [0.2, 0.25) is 0 Å². The largest absolute Gasteiger partial charge is 0.511 e. The molecule has 1 N–H and O–H groups in total. The number of nitrogens with zero attached hydrogens (tertiary/aromatic N) is 4. The summed E-state index contributed by atoms with van der Waals surface area (Å²) in [6.45, 7) is 2.88. The molecule has 1 aliphatic rings. The molecule has 0 radical (unpaired) electrons. The second kappa shape index (κ2) is 11.4. The third-order valence-electron chi connectivity index (χ3n) is 7.89. The average Bonchev–Trinajstić information content (AvgIpc) is 3.59. The minimum absolute atomic E-state index is 0.327. The van der Waals surface area contributed by atoms with E-state index < -0.39 is 6.16 Å². The Labute approximate surface area is 234 Å². The lowest BCUT2D eigenvalue weighted by molar-refractivity contribution is 0.144. The molecule has 0 spiro atoms. The Morgan fingerprint density at radius 3 is 2.55 bits per heavy atom. The van der Waals surface area contributed by atoms with Crippen LogP contribution in [0.5, 0.6) is 5.75 Å². The van der Waals surface area contributed by atoms with E-state index in [1.54, 1.807) is 12.1 Å². The molecule has 0 saturated heterocycles. The van der Waals surface area contributed by atoms with Gasteiger partial charge in [-0.2, -0.15) is 0 Å². The maximum atomic E-state index is 11.1. The minimum Gasteiger partial charge on any atom is -0.449 e. The summed E-state index contributed by atoms with van der Waals surface area (Å²) in [4.78, 5) is 20.9. The zero-order valence-corrected chi connectivity index (χ0v) is 22.8. The number of aromatic nitrogens is 4. The van der Waals surface area contributed by atoms with Gasteiger partial charge in [-0.3, -0.25) is 0 Å². The van der Waals surface area contributed by atoms with E-state index in [-0.39, 0.29) is 0 Å². The predicted octanol–water partition coefficient (Wildman–Crippen LogP) is 8.13. The lowest BCUT2D eigenvalue weighted by atomic mass is 9.95. The Balaban J connectivity index is 1.33. The van der Waals surface area contributed by atoms with Crippen molar-refractivity contribution >= 4 is 17.2 Å². The van der Waals surface area contributed by atoms with Crippen LogP contribution in [-0.2, 0) is 13.0 Å². The van der Waals surface area contributed by atoms with Gasteiger partial charge in [-0.1, -0.05) is 68.7 Å². The van der Waals surface area contributed by atoms with Crippen molar-refractivity contribution in [1.29, 1.82) is 0 Å². The molecule has 1 fully saturated rings. The van der Waals surface area contributed by atoms with Gasteiger partial charge in [-0.05, 0) is 54.7 Å². The van der Waals surface area contributed by atoms with Crippen LogP contribution >= 0.6 is 0 Å². The van der Waals surface area contributed by atoms with Gasteiger partial charge in [0, 0.05) is 42.5 Å². The third kappa shape index (κ3) is 5.24. The first-order valence-electron chi connectivity index (χ1n) is 14.2. The summed E-state index contributed by atoms with van der Waals surface area (Å²) < 4.78 is 9.69. The van der Waals surface area contributed by atoms with Gasteiger partial charge in [0.25, 0.3) is 0 Å². The molecule has 6 rings (SSSR count). The molecule has 0 unspecified atom stereocenters. The first-order valence-corrected chi connectivity index (χ1v) is 14.2. The molecule has 40 heavy (non-hydrogen) atoms. The number of imidazole rings is 2. The highest BCUT2D eigenvalue weighted by molar-refractivity contribution is 5.82. The van der Waals surface area contributed by atoms with Crippen LogP contribution in [0.3, 0.4) is 0 Å². The standard InChI is InChI=1S/C33H34N4O3/c1-2-8-31-35-28-18-17-25(32-34-19-20-36(32)26-9-4-3-5-10-26)21-29(28)37(31)22-23-13-15-24(16-14-23)27-11-6-7-12-30(27)40-33(38)39/h6-7,11-21,26H,2-5,8-10,22H2,1H3,(H,38,39). The van der Waals surface area contributed by atoms with Crippen LogP contribution in [0.4, 0.5) is 4.79 Å². The van der Waals surface area contributed by atoms with Crippen molar-refractivity contribution in [1.82, 2.24) is 19.1 Å². The molecule has 2 heterocycles. The number of hydrogen-bond acceptors (Lipinski definition) is 4. The lowest BCUT2D eigenvalue weighted by Crippen LogP contribution is -2.13. The maximum absolute atomic E-state index is 11.1. The van der Waals surface area contributed by atoms with Gasteiger partial charge < -0.3 is 19.0 Å². The number of fused-ring (bicyclic) bond motifs is 1. The lowest BCUT2D eigenvalue weighted by Gasteiger charge is -2.24. The third-order valence-corrected chi connectivity index (χ3v) is 7.89. The maximum Gasteiger partial charge on any atom is 0.511 e. The van der Waals surface area contributed by atoms with E-state index in [2.05, 4.69) is 52.6 Å². The number of rotatable bonds is 8. The number of benzene rings is 3. The summed E-state index contributed by atoms with van der Waals surface area (Å²) in [5.41, 5.74) is 6.03. The fourth-order valence-corrected chi connectivity index (χ4v) is 5.95. The number of hydrogen-bond donors (Lipinski definition) is 1. The summed E-state index contributed by atoms with van der Waals surface area (Å²) in [7, 11) is 0. The summed E-state index contributed by atoms with van der Waals surface area (Å²) in [6.07, 6.45) is 11.0. The Kier molecular flexibility index (Phi) is 7.36. The fourth-order valence-electron chi connectivity index (χ4n) is 5.95. The van der Waals surface area contributed by atoms with Crippen molar-refractivity contribution in [3.63, 3.8) is 0 Å². The Hall–Kier alpha value is -4.39. The van der Waals surface area contributed by atoms with Crippen LogP contribution in [0.25, 0.3) is 33.5 Å². The zero-order valence-electron chi connectivity index (χ0n) is 22.8. The molecule has 204 valence electrons. The highest BCUT2D eigenvalue weighted by Crippen LogP contribution is 2.34. The van der Waals surface area contributed by atoms with Crippen molar-refractivity contribution in [3.8, 4) is 28.3 Å². The number of ether oxygens (including phenoxy) is 1. The molecular formula is C33H34N4O3. The smallest absolute Gasteiger partial charge is 0.449 e. The number of carbonyl (C=O) groups is 1. The topological polar surface area (TPSA) is 82.2 Å². The average molecular weight is 535 g/mol. The first-order chi connectivity index (χ1) is 19.6. The van der Waals surface area contributed by atoms with E-state index in [9.17, 15) is 4.79 Å². The molecule has 3 aromatic carbocycles. The molecular weight excluding hydrogens is 500 g/mol. The Bertz CT molecular complexity index is 1630. The van der Waals surface area contributed by atoms with Crippen LogP contribution in [-0.4, -0.2) is 30.4 Å². The highest BCUT2D eigenvalue weighted by atomic mass is 16.7. The molecule has 7 nitrogen and oxygen atoms in total. The van der Waals surface area contributed by atoms with E-state index in [1.807, 2.05) is 30.5 Å². The molecule has 0 atom stereocenters. The summed E-state index contributed by atoms with van der Waals surface area (Å²) in [5, 5.41) is 9.11. The second-order valence-corrected chi connectivity index (χ2v) is 10.6. The van der Waals surface area contributed by atoms with Crippen molar-refractivity contribution in [3.05, 3.63) is 90.5 Å². The molecule has 1 aliphatic carbocycles. The quantitative estimate of drug-likeness (QED) is 0.161. The summed E-state index contributed by atoms with van der Waals surface area (Å²) in [6, 6.07) is 22.5. The van der Waals surface area contributed by atoms with E-state index in [0.29, 0.717) is 18.3 Å². The number of para-hydroxylation sites is 1. The molecule has 2 aromatic heterocycles. The zero-order chi connectivity index (χ0) is 27.5. The molecule has 7 heteroatoms. The van der Waals surface area contributed by atoms with E-state index in [0.717, 1.165) is 57.8 Å². The van der Waals surface area contributed by atoms with Gasteiger partial charge in [-0.15, -0.1) is 0 Å². The Morgan fingerprint density at radius 2 is 1.77 bits per heavy atom. The fraction of sp³-hybridized carbons (Fsp3) is 0.303. The molecule has 0 aliphatic heterocycles. The second-order valence-electron chi connectivity index (χ2n) is 10.6. The molecule has 0 amide bonds. The molecule has 1 saturated carbocycles. The first kappa shape index (κ1) is 25.9. The Morgan fingerprint density at radius 1 is 1.00 bits per heavy atom. The number of aryl methyl sites for hydroxylation is 1. The van der Waals surface area contributed by atoms with Crippen LogP contribution in [0, 0.1) is 0 Å². The SMILES string of the molecule is CCCc1nc2ccc(-c3nccn3C3CCCCC3)cc2n1Cc1ccc(-c2ccccc2OC(=O)O)cc1. The van der Waals surface area contributed by atoms with Gasteiger partial charge in [0.15, 0.2) is 0 Å². The summed E-state index contributed by atoms with van der Waals surface area (Å²) >= 11 is 0. The van der Waals surface area contributed by atoms with Crippen LogP contribution < -0.4 is 4.74 Å². The van der Waals surface area contributed by atoms with Crippen LogP contribution in [0.15, 0.2) is 79.1 Å². The molecule has 5 aromatic rings. The van der Waals surface area contributed by atoms with Gasteiger partial charge in [0.2, 0.25) is 0 Å². The van der Waals surface area contributed by atoms with Gasteiger partial charge in [-0.25, -0.2) is 14.8 Å². The van der Waals surface area contributed by atoms with Crippen molar-refractivity contribution in [2.24, 2.45) is 0 Å². The number of carboxylic acid groups (broad SMARTS) is 1. The normalized spacial score (nSPS) is 14.0. The van der Waals surface area contributed by atoms with Crippen molar-refractivity contribution in [2.75, 3.05) is 0 Å². The van der Waals surface area contributed by atoms with Crippen molar-refractivity contribution < 1.29 is 14.6 Å². The predicted molar refractivity (Wildman–Crippen MR) is 157 cm³/mol. The monoisotopic (exact) mass is 534 g/mol. The van der Waals surface area contributed by atoms with Gasteiger partial charge in [0.1, 0.15) is 17.4 Å². The van der Waals surface area contributed by atoms with E-state index in [1.165, 1.54) is 32.1 Å². The minimum atomic E-state index is -1.32. The van der Waals surface area contributed by atoms with E-state index in [4.69, 9.17) is 19.8 Å². The summed E-state index contributed by atoms with van der Waals surface area (Å²) in [5.74, 6) is 2.44. The highest BCUT2D eigenvalue weighted by Gasteiger charge is 2.20. The van der Waals surface area contributed by atoms with Crippen molar-refractivity contribution in [2.45, 2.75) is 64.5 Å². The molecule has 0 bridgehead atoms. The van der Waals surface area contributed by atoms with Gasteiger partial charge >= 0.3 is 6.16 Å². The van der Waals surface area contributed by atoms with E-state index >= 15 is 0 Å².